The van der Waals surface area contributed by atoms with Gasteiger partial charge < -0.3 is 9.47 Å². The molecule has 0 bridgehead atoms. The van der Waals surface area contributed by atoms with E-state index < -0.39 is 6.23 Å². The summed E-state index contributed by atoms with van der Waals surface area (Å²) in [7, 11) is 0. The molecule has 0 amide bonds. The third-order valence-corrected chi connectivity index (χ3v) is 1.67. The Bertz CT molecular complexity index is 360. The lowest BCUT2D eigenvalue weighted by molar-refractivity contribution is 0.0960. The summed E-state index contributed by atoms with van der Waals surface area (Å²) in [6.45, 7) is 0.265. The largest absolute Gasteiger partial charge is 0.486 e. The molecule has 5 nitrogen and oxygen atoms in total. The number of azide groups is 1. The minimum absolute atomic E-state index is 0.265. The van der Waals surface area contributed by atoms with Crippen LogP contribution in [0, 0.1) is 0 Å². The Morgan fingerprint density at radius 2 is 2.15 bits per heavy atom. The Balaban J connectivity index is 2.24. The molecule has 1 atom stereocenters. The molecule has 0 fully saturated rings. The van der Waals surface area contributed by atoms with Gasteiger partial charge in [0.2, 0.25) is 6.23 Å². The first-order chi connectivity index (χ1) is 6.40. The van der Waals surface area contributed by atoms with Gasteiger partial charge >= 0.3 is 0 Å². The molecule has 1 aromatic carbocycles. The number of hydrogen-bond acceptors (Lipinski definition) is 3. The van der Waals surface area contributed by atoms with E-state index in [1.165, 1.54) is 0 Å². The molecule has 0 N–H and O–H groups in total. The molecule has 1 unspecified atom stereocenters. The Labute approximate surface area is 74.5 Å². The van der Waals surface area contributed by atoms with Gasteiger partial charge in [0.1, 0.15) is 6.61 Å². The topological polar surface area (TPSA) is 67.2 Å². The fourth-order valence-corrected chi connectivity index (χ4v) is 1.12. The van der Waals surface area contributed by atoms with Crippen LogP contribution in [0.5, 0.6) is 11.5 Å². The summed E-state index contributed by atoms with van der Waals surface area (Å²) in [6, 6.07) is 7.27. The maximum Gasteiger partial charge on any atom is 0.211 e. The molecule has 13 heavy (non-hydrogen) atoms. The van der Waals surface area contributed by atoms with Crippen molar-refractivity contribution in [2.24, 2.45) is 5.11 Å². The summed E-state index contributed by atoms with van der Waals surface area (Å²) in [4.78, 5) is 2.65. The van der Waals surface area contributed by atoms with Crippen LogP contribution < -0.4 is 9.47 Å². The van der Waals surface area contributed by atoms with Gasteiger partial charge in [-0.15, -0.1) is 0 Å². The number of ether oxygens (including phenoxy) is 2. The first-order valence-electron chi connectivity index (χ1n) is 3.83. The van der Waals surface area contributed by atoms with Crippen LogP contribution in [0.4, 0.5) is 0 Å². The molecule has 0 spiro atoms. The van der Waals surface area contributed by atoms with Crippen LogP contribution in [-0.2, 0) is 0 Å². The smallest absolute Gasteiger partial charge is 0.211 e. The van der Waals surface area contributed by atoms with Crippen LogP contribution in [0.2, 0.25) is 0 Å². The van der Waals surface area contributed by atoms with Crippen molar-refractivity contribution in [2.75, 3.05) is 6.61 Å². The average Bonchev–Trinajstić information content (AvgIpc) is 2.18. The zero-order valence-corrected chi connectivity index (χ0v) is 6.75. The van der Waals surface area contributed by atoms with Crippen molar-refractivity contribution in [3.8, 4) is 11.5 Å². The Kier molecular flexibility index (Phi) is 1.94. The molecule has 1 aliphatic rings. The number of rotatable bonds is 1. The average molecular weight is 177 g/mol. The lowest BCUT2D eigenvalue weighted by Crippen LogP contribution is -2.26. The van der Waals surface area contributed by atoms with E-state index in [2.05, 4.69) is 10.0 Å². The predicted octanol–water partition coefficient (Wildman–Crippen LogP) is 2.09. The van der Waals surface area contributed by atoms with Gasteiger partial charge in [-0.3, -0.25) is 0 Å². The second-order valence-electron chi connectivity index (χ2n) is 2.54. The van der Waals surface area contributed by atoms with Gasteiger partial charge in [-0.2, -0.15) is 0 Å². The van der Waals surface area contributed by atoms with Crippen molar-refractivity contribution in [3.63, 3.8) is 0 Å². The summed E-state index contributed by atoms with van der Waals surface area (Å²) in [5.41, 5.74) is 8.19. The highest BCUT2D eigenvalue weighted by atomic mass is 16.6. The van der Waals surface area contributed by atoms with Crippen LogP contribution in [0.1, 0.15) is 0 Å². The molecule has 1 heterocycles. The van der Waals surface area contributed by atoms with Gasteiger partial charge in [0.05, 0.1) is 0 Å². The van der Waals surface area contributed by atoms with Crippen LogP contribution in [0.25, 0.3) is 10.4 Å². The van der Waals surface area contributed by atoms with E-state index in [0.29, 0.717) is 11.5 Å². The second-order valence-corrected chi connectivity index (χ2v) is 2.54. The summed E-state index contributed by atoms with van der Waals surface area (Å²) in [6.07, 6.45) is -0.556. The Morgan fingerprint density at radius 3 is 2.92 bits per heavy atom. The third-order valence-electron chi connectivity index (χ3n) is 1.67. The molecule has 1 aromatic rings. The molecule has 0 radical (unpaired) electrons. The molecule has 0 aromatic heterocycles. The number of para-hydroxylation sites is 2. The van der Waals surface area contributed by atoms with Gasteiger partial charge in [-0.05, 0) is 22.8 Å². The van der Waals surface area contributed by atoms with Crippen LogP contribution in [-0.4, -0.2) is 12.8 Å². The Hall–Kier alpha value is -1.87. The van der Waals surface area contributed by atoms with Crippen molar-refractivity contribution in [1.29, 1.82) is 0 Å². The molecule has 0 saturated carbocycles. The zero-order valence-electron chi connectivity index (χ0n) is 6.75. The molecule has 0 saturated heterocycles. The summed E-state index contributed by atoms with van der Waals surface area (Å²) >= 11 is 0. The molecular weight excluding hydrogens is 170 g/mol. The predicted molar refractivity (Wildman–Crippen MR) is 45.5 cm³/mol. The van der Waals surface area contributed by atoms with Crippen molar-refractivity contribution >= 4 is 0 Å². The molecule has 2 rings (SSSR count). The molecule has 5 heteroatoms. The van der Waals surface area contributed by atoms with E-state index >= 15 is 0 Å². The van der Waals surface area contributed by atoms with Gasteiger partial charge in [-0.25, -0.2) is 0 Å². The monoisotopic (exact) mass is 177 g/mol. The van der Waals surface area contributed by atoms with Gasteiger partial charge in [0.15, 0.2) is 11.5 Å². The van der Waals surface area contributed by atoms with Crippen molar-refractivity contribution in [3.05, 3.63) is 34.7 Å². The molecule has 66 valence electrons. The number of fused-ring (bicyclic) bond motifs is 1. The summed E-state index contributed by atoms with van der Waals surface area (Å²) < 4.78 is 10.6. The van der Waals surface area contributed by atoms with Crippen LogP contribution in [0.15, 0.2) is 29.4 Å². The minimum Gasteiger partial charge on any atom is -0.486 e. The van der Waals surface area contributed by atoms with Crippen LogP contribution >= 0.6 is 0 Å². The lowest BCUT2D eigenvalue weighted by Gasteiger charge is -2.22. The van der Waals surface area contributed by atoms with E-state index in [1.54, 1.807) is 6.07 Å². The second kappa shape index (κ2) is 3.25. The third kappa shape index (κ3) is 1.50. The van der Waals surface area contributed by atoms with Gasteiger partial charge in [0.25, 0.3) is 0 Å². The van der Waals surface area contributed by atoms with Crippen molar-refractivity contribution in [1.82, 2.24) is 0 Å². The fraction of sp³-hybridized carbons (Fsp3) is 0.250. The van der Waals surface area contributed by atoms with E-state index in [9.17, 15) is 0 Å². The van der Waals surface area contributed by atoms with Gasteiger partial charge in [0, 0.05) is 4.91 Å². The van der Waals surface area contributed by atoms with E-state index in [4.69, 9.17) is 15.0 Å². The van der Waals surface area contributed by atoms with E-state index in [1.807, 2.05) is 18.2 Å². The first-order valence-corrected chi connectivity index (χ1v) is 3.83. The van der Waals surface area contributed by atoms with E-state index in [-0.39, 0.29) is 6.61 Å². The summed E-state index contributed by atoms with van der Waals surface area (Å²) in [5.74, 6) is 1.30. The van der Waals surface area contributed by atoms with Crippen molar-refractivity contribution < 1.29 is 9.47 Å². The lowest BCUT2D eigenvalue weighted by atomic mass is 10.3. The van der Waals surface area contributed by atoms with Crippen LogP contribution in [0.3, 0.4) is 0 Å². The standard InChI is InChI=1S/C8H7N3O2/c9-11-10-8-5-12-6-3-1-2-4-7(6)13-8/h1-4,8H,5H2. The number of hydrogen-bond donors (Lipinski definition) is 0. The number of nitrogens with zero attached hydrogens (tertiary/aromatic N) is 3. The van der Waals surface area contributed by atoms with Crippen molar-refractivity contribution in [2.45, 2.75) is 6.23 Å². The zero-order chi connectivity index (χ0) is 9.10. The highest BCUT2D eigenvalue weighted by molar-refractivity contribution is 5.40. The highest BCUT2D eigenvalue weighted by Gasteiger charge is 2.18. The fourth-order valence-electron chi connectivity index (χ4n) is 1.12. The first kappa shape index (κ1) is 7.76. The molecule has 1 aliphatic heterocycles. The molecular formula is C8H7N3O2. The minimum atomic E-state index is -0.556. The highest BCUT2D eigenvalue weighted by Crippen LogP contribution is 2.30. The normalized spacial score (nSPS) is 18.9. The maximum absolute atomic E-state index is 8.19. The maximum atomic E-state index is 8.19. The molecule has 0 aliphatic carbocycles. The SMILES string of the molecule is [N-]=[N+]=NC1COc2ccccc2O1. The summed E-state index contributed by atoms with van der Waals surface area (Å²) in [5, 5.41) is 3.42. The van der Waals surface area contributed by atoms with E-state index in [0.717, 1.165) is 0 Å². The van der Waals surface area contributed by atoms with Gasteiger partial charge in [-0.1, -0.05) is 12.1 Å². The Morgan fingerprint density at radius 1 is 1.38 bits per heavy atom. The quantitative estimate of drug-likeness (QED) is 0.374. The number of benzene rings is 1.